The molecule has 1 aromatic carbocycles. The van der Waals surface area contributed by atoms with Crippen LogP contribution in [-0.2, 0) is 10.0 Å². The van der Waals surface area contributed by atoms with Gasteiger partial charge in [0.1, 0.15) is 17.3 Å². The van der Waals surface area contributed by atoms with Crippen LogP contribution in [-0.4, -0.2) is 32.1 Å². The van der Waals surface area contributed by atoms with E-state index in [-0.39, 0.29) is 22.7 Å². The molecule has 2 rings (SSSR count). The molecule has 1 amide bonds. The highest BCUT2D eigenvalue weighted by Crippen LogP contribution is 2.24. The molecule has 1 aromatic heterocycles. The molecule has 6 nitrogen and oxygen atoms in total. The van der Waals surface area contributed by atoms with Crippen LogP contribution in [0.4, 0.5) is 14.5 Å². The molecule has 0 bridgehead atoms. The maximum Gasteiger partial charge on any atom is 0.274 e. The molecule has 0 spiro atoms. The quantitative estimate of drug-likeness (QED) is 0.818. The lowest BCUT2D eigenvalue weighted by molar-refractivity contribution is 0.102. The van der Waals surface area contributed by atoms with Gasteiger partial charge in [-0.15, -0.1) is 0 Å². The fraction of sp³-hybridized carbons (Fsp3) is 0.250. The van der Waals surface area contributed by atoms with E-state index in [0.717, 1.165) is 18.3 Å². The first-order chi connectivity index (χ1) is 11.7. The molecule has 0 saturated heterocycles. The number of hydrogen-bond acceptors (Lipinski definition) is 4. The van der Waals surface area contributed by atoms with E-state index in [4.69, 9.17) is 0 Å². The zero-order valence-electron chi connectivity index (χ0n) is 13.6. The molecule has 1 heterocycles. The summed E-state index contributed by atoms with van der Waals surface area (Å²) in [6, 6.07) is 6.18. The number of hydrogen-bond donors (Lipinski definition) is 2. The zero-order valence-corrected chi connectivity index (χ0v) is 14.4. The minimum atomic E-state index is -3.52. The average molecular weight is 369 g/mol. The van der Waals surface area contributed by atoms with Gasteiger partial charge in [-0.1, -0.05) is 6.92 Å². The van der Waals surface area contributed by atoms with Crippen LogP contribution in [0, 0.1) is 11.6 Å². The van der Waals surface area contributed by atoms with Crippen LogP contribution in [0.1, 0.15) is 28.9 Å². The molecule has 2 N–H and O–H groups in total. The van der Waals surface area contributed by atoms with Crippen molar-refractivity contribution in [2.75, 3.05) is 18.1 Å². The maximum absolute atomic E-state index is 14.0. The minimum Gasteiger partial charge on any atom is -0.321 e. The Morgan fingerprint density at radius 3 is 2.56 bits per heavy atom. The number of carbonyl (C=O) groups excluding carboxylic acids is 1. The lowest BCUT2D eigenvalue weighted by atomic mass is 10.0. The molecule has 0 unspecified atom stereocenters. The Morgan fingerprint density at radius 1 is 1.24 bits per heavy atom. The predicted octanol–water partition coefficient (Wildman–Crippen LogP) is 2.26. The van der Waals surface area contributed by atoms with Crippen molar-refractivity contribution in [2.24, 2.45) is 0 Å². The number of rotatable bonds is 6. The number of pyridine rings is 1. The van der Waals surface area contributed by atoms with E-state index >= 15 is 0 Å². The SMILES string of the molecule is CNS(=O)(=O)C[C@@H](C)c1cc(NC(=O)c2ccc(F)cn2)ccc1F. The van der Waals surface area contributed by atoms with Gasteiger partial charge >= 0.3 is 0 Å². The summed E-state index contributed by atoms with van der Waals surface area (Å²) in [4.78, 5) is 15.7. The number of sulfonamides is 1. The Kier molecular flexibility index (Phi) is 5.81. The summed E-state index contributed by atoms with van der Waals surface area (Å²) in [5.41, 5.74) is 0.433. The predicted molar refractivity (Wildman–Crippen MR) is 89.8 cm³/mol. The van der Waals surface area contributed by atoms with Crippen LogP contribution in [0.2, 0.25) is 0 Å². The Hall–Kier alpha value is -2.39. The van der Waals surface area contributed by atoms with Crippen LogP contribution in [0.5, 0.6) is 0 Å². The van der Waals surface area contributed by atoms with Gasteiger partial charge in [-0.05, 0) is 48.9 Å². The van der Waals surface area contributed by atoms with Crippen LogP contribution < -0.4 is 10.0 Å². The van der Waals surface area contributed by atoms with Crippen molar-refractivity contribution < 1.29 is 22.0 Å². The highest BCUT2D eigenvalue weighted by molar-refractivity contribution is 7.89. The standard InChI is InChI=1S/C16H17F2N3O3S/c1-10(9-25(23,24)19-2)13-7-12(4-5-14(13)18)21-16(22)15-6-3-11(17)8-20-15/h3-8,10,19H,9H2,1-2H3,(H,21,22)/t10-/m1/s1. The minimum absolute atomic E-state index is 0.00177. The number of aromatic nitrogens is 1. The molecule has 0 saturated carbocycles. The van der Waals surface area contributed by atoms with E-state index in [1.807, 2.05) is 0 Å². The highest BCUT2D eigenvalue weighted by Gasteiger charge is 2.19. The van der Waals surface area contributed by atoms with Crippen molar-refractivity contribution in [2.45, 2.75) is 12.8 Å². The number of nitrogens with one attached hydrogen (secondary N) is 2. The van der Waals surface area contributed by atoms with E-state index < -0.39 is 33.5 Å². The molecular formula is C16H17F2N3O3S. The first-order valence-electron chi connectivity index (χ1n) is 7.35. The van der Waals surface area contributed by atoms with E-state index in [9.17, 15) is 22.0 Å². The number of halogens is 2. The van der Waals surface area contributed by atoms with Crippen molar-refractivity contribution in [1.29, 1.82) is 0 Å². The average Bonchev–Trinajstić information content (AvgIpc) is 2.56. The molecule has 9 heteroatoms. The molecule has 25 heavy (non-hydrogen) atoms. The summed E-state index contributed by atoms with van der Waals surface area (Å²) in [5.74, 6) is -2.65. The van der Waals surface area contributed by atoms with Gasteiger partial charge in [0.15, 0.2) is 0 Å². The number of anilines is 1. The van der Waals surface area contributed by atoms with E-state index in [2.05, 4.69) is 15.0 Å². The summed E-state index contributed by atoms with van der Waals surface area (Å²) < 4.78 is 52.3. The van der Waals surface area contributed by atoms with Gasteiger partial charge < -0.3 is 5.32 Å². The Bertz CT molecular complexity index is 871. The van der Waals surface area contributed by atoms with Crippen molar-refractivity contribution in [3.63, 3.8) is 0 Å². The maximum atomic E-state index is 14.0. The summed E-state index contributed by atoms with van der Waals surface area (Å²) in [6.07, 6.45) is 0.912. The third-order valence-corrected chi connectivity index (χ3v) is 5.09. The summed E-state index contributed by atoms with van der Waals surface area (Å²) in [5, 5.41) is 2.52. The third kappa shape index (κ3) is 5.04. The first kappa shape index (κ1) is 18.9. The van der Waals surface area contributed by atoms with E-state index in [1.54, 1.807) is 6.92 Å². The topological polar surface area (TPSA) is 88.2 Å². The summed E-state index contributed by atoms with van der Waals surface area (Å²) >= 11 is 0. The molecule has 0 fully saturated rings. The Labute approximate surface area is 144 Å². The third-order valence-electron chi connectivity index (χ3n) is 3.53. The fourth-order valence-electron chi connectivity index (χ4n) is 2.21. The monoisotopic (exact) mass is 369 g/mol. The van der Waals surface area contributed by atoms with Crippen molar-refractivity contribution in [3.05, 3.63) is 59.4 Å². The van der Waals surface area contributed by atoms with Crippen molar-refractivity contribution >= 4 is 21.6 Å². The normalized spacial score (nSPS) is 12.6. The van der Waals surface area contributed by atoms with E-state index in [0.29, 0.717) is 0 Å². The summed E-state index contributed by atoms with van der Waals surface area (Å²) in [6.45, 7) is 1.57. The number of carbonyl (C=O) groups is 1. The number of amides is 1. The molecule has 0 radical (unpaired) electrons. The second-order valence-corrected chi connectivity index (χ2v) is 7.41. The largest absolute Gasteiger partial charge is 0.321 e. The van der Waals surface area contributed by atoms with Gasteiger partial charge in [0.2, 0.25) is 10.0 Å². The molecule has 0 aliphatic rings. The van der Waals surface area contributed by atoms with Crippen LogP contribution in [0.25, 0.3) is 0 Å². The first-order valence-corrected chi connectivity index (χ1v) is 9.00. The second-order valence-electron chi connectivity index (χ2n) is 5.44. The summed E-state index contributed by atoms with van der Waals surface area (Å²) in [7, 11) is -2.23. The lowest BCUT2D eigenvalue weighted by Gasteiger charge is -2.14. The van der Waals surface area contributed by atoms with Gasteiger partial charge in [-0.3, -0.25) is 4.79 Å². The second kappa shape index (κ2) is 7.66. The fourth-order valence-corrected chi connectivity index (χ4v) is 3.21. The molecular weight excluding hydrogens is 352 g/mol. The lowest BCUT2D eigenvalue weighted by Crippen LogP contribution is -2.25. The Balaban J connectivity index is 2.20. The van der Waals surface area contributed by atoms with Crippen LogP contribution in [0.15, 0.2) is 36.5 Å². The molecule has 2 aromatic rings. The zero-order chi connectivity index (χ0) is 18.6. The van der Waals surface area contributed by atoms with Crippen molar-refractivity contribution in [1.82, 2.24) is 9.71 Å². The molecule has 1 atom stereocenters. The van der Waals surface area contributed by atoms with Gasteiger partial charge in [0, 0.05) is 5.69 Å². The van der Waals surface area contributed by atoms with Crippen molar-refractivity contribution in [3.8, 4) is 0 Å². The Morgan fingerprint density at radius 2 is 1.96 bits per heavy atom. The number of benzene rings is 1. The van der Waals surface area contributed by atoms with Gasteiger partial charge in [0.25, 0.3) is 5.91 Å². The molecule has 134 valence electrons. The molecule has 0 aliphatic heterocycles. The smallest absolute Gasteiger partial charge is 0.274 e. The van der Waals surface area contributed by atoms with Gasteiger partial charge in [-0.2, -0.15) is 0 Å². The van der Waals surface area contributed by atoms with E-state index in [1.165, 1.54) is 25.2 Å². The van der Waals surface area contributed by atoms with Crippen LogP contribution >= 0.6 is 0 Å². The highest BCUT2D eigenvalue weighted by atomic mass is 32.2. The van der Waals surface area contributed by atoms with Crippen LogP contribution in [0.3, 0.4) is 0 Å². The number of nitrogens with zero attached hydrogens (tertiary/aromatic N) is 1. The molecule has 0 aliphatic carbocycles. The van der Waals surface area contributed by atoms with Gasteiger partial charge in [-0.25, -0.2) is 26.9 Å². The van der Waals surface area contributed by atoms with Gasteiger partial charge in [0.05, 0.1) is 11.9 Å².